The zero-order chi connectivity index (χ0) is 19.8. The Morgan fingerprint density at radius 1 is 0.960 bits per heavy atom. The van der Waals surface area contributed by atoms with Crippen LogP contribution in [0.25, 0.3) is 0 Å². The number of carboxylic acids is 2. The lowest BCUT2D eigenvalue weighted by Crippen LogP contribution is -2.36. The van der Waals surface area contributed by atoms with Crippen LogP contribution in [0.3, 0.4) is 0 Å². The van der Waals surface area contributed by atoms with Gasteiger partial charge >= 0.3 is 11.9 Å². The number of carbonyl (C=O) groups is 2. The molecule has 0 aromatic rings. The Balaban J connectivity index is 0. The van der Waals surface area contributed by atoms with Crippen molar-refractivity contribution in [1.29, 1.82) is 10.8 Å². The van der Waals surface area contributed by atoms with Crippen molar-refractivity contribution >= 4 is 23.9 Å². The van der Waals surface area contributed by atoms with Gasteiger partial charge in [-0.05, 0) is 32.7 Å². The third kappa shape index (κ3) is 17.6. The summed E-state index contributed by atoms with van der Waals surface area (Å²) in [6, 6.07) is -1.34. The molecule has 12 heteroatoms. The zero-order valence-corrected chi connectivity index (χ0v) is 14.3. The summed E-state index contributed by atoms with van der Waals surface area (Å²) in [4.78, 5) is 20.7. The Labute approximate surface area is 146 Å². The molecular formula is C13H30N8O4. The van der Waals surface area contributed by atoms with Crippen LogP contribution in [-0.4, -0.2) is 66.3 Å². The SMILES string of the molecule is CNC(CCCNC(=N)N)C(=O)O.N=C(N)NCCCC(N)C(=O)O. The maximum absolute atomic E-state index is 10.5. The number of aliphatic carboxylic acids is 2. The summed E-state index contributed by atoms with van der Waals surface area (Å²) in [5.41, 5.74) is 15.3. The van der Waals surface area contributed by atoms with Crippen LogP contribution in [0.2, 0.25) is 0 Å². The second-order valence-electron chi connectivity index (χ2n) is 5.09. The minimum absolute atomic E-state index is 0.0867. The minimum atomic E-state index is -1.00. The lowest BCUT2D eigenvalue weighted by Gasteiger charge is -2.10. The first-order chi connectivity index (χ1) is 11.6. The quantitative estimate of drug-likeness (QED) is 0.106. The van der Waals surface area contributed by atoms with E-state index in [4.69, 9.17) is 38.2 Å². The number of carboxylic acid groups (broad SMARTS) is 2. The van der Waals surface area contributed by atoms with E-state index < -0.39 is 24.0 Å². The van der Waals surface area contributed by atoms with Crippen molar-refractivity contribution in [3.63, 3.8) is 0 Å². The van der Waals surface area contributed by atoms with Gasteiger partial charge in [0.2, 0.25) is 0 Å². The smallest absolute Gasteiger partial charge is 0.320 e. The molecule has 2 unspecified atom stereocenters. The van der Waals surface area contributed by atoms with Gasteiger partial charge in [-0.1, -0.05) is 0 Å². The summed E-state index contributed by atoms with van der Waals surface area (Å²) >= 11 is 0. The number of hydrogen-bond donors (Lipinski definition) is 10. The van der Waals surface area contributed by atoms with Gasteiger partial charge in [0.15, 0.2) is 11.9 Å². The van der Waals surface area contributed by atoms with E-state index in [1.807, 2.05) is 0 Å². The van der Waals surface area contributed by atoms with Gasteiger partial charge in [0.25, 0.3) is 0 Å². The van der Waals surface area contributed by atoms with Gasteiger partial charge in [-0.2, -0.15) is 0 Å². The number of hydrogen-bond acceptors (Lipinski definition) is 6. The van der Waals surface area contributed by atoms with Crippen molar-refractivity contribution in [3.05, 3.63) is 0 Å². The summed E-state index contributed by atoms with van der Waals surface area (Å²) in [5, 5.41) is 38.5. The van der Waals surface area contributed by atoms with E-state index in [-0.39, 0.29) is 11.9 Å². The normalized spacial score (nSPS) is 12.1. The Morgan fingerprint density at radius 2 is 1.40 bits per heavy atom. The number of likely N-dealkylation sites (N-methyl/N-ethyl adjacent to an activating group) is 1. The Kier molecular flexibility index (Phi) is 14.7. The van der Waals surface area contributed by atoms with Crippen molar-refractivity contribution in [1.82, 2.24) is 16.0 Å². The van der Waals surface area contributed by atoms with Gasteiger partial charge in [-0.15, -0.1) is 0 Å². The second-order valence-corrected chi connectivity index (χ2v) is 5.09. The van der Waals surface area contributed by atoms with Crippen LogP contribution in [0.15, 0.2) is 0 Å². The van der Waals surface area contributed by atoms with E-state index in [1.54, 1.807) is 7.05 Å². The molecule has 25 heavy (non-hydrogen) atoms. The third-order valence-corrected chi connectivity index (χ3v) is 2.96. The molecule has 13 N–H and O–H groups in total. The van der Waals surface area contributed by atoms with E-state index in [0.29, 0.717) is 38.8 Å². The van der Waals surface area contributed by atoms with Crippen molar-refractivity contribution in [3.8, 4) is 0 Å². The lowest BCUT2D eigenvalue weighted by atomic mass is 10.1. The second kappa shape index (κ2) is 15.0. The first kappa shape index (κ1) is 24.6. The van der Waals surface area contributed by atoms with Gasteiger partial charge in [0.05, 0.1) is 0 Å². The van der Waals surface area contributed by atoms with Crippen molar-refractivity contribution in [2.24, 2.45) is 17.2 Å². The molecule has 0 spiro atoms. The van der Waals surface area contributed by atoms with Gasteiger partial charge in [0, 0.05) is 13.1 Å². The maximum Gasteiger partial charge on any atom is 0.320 e. The summed E-state index contributed by atoms with van der Waals surface area (Å²) < 4.78 is 0. The molecule has 0 bridgehead atoms. The molecule has 0 radical (unpaired) electrons. The number of rotatable bonds is 11. The molecule has 0 aromatic carbocycles. The van der Waals surface area contributed by atoms with Crippen LogP contribution in [0, 0.1) is 10.8 Å². The van der Waals surface area contributed by atoms with Crippen molar-refractivity contribution < 1.29 is 19.8 Å². The van der Waals surface area contributed by atoms with E-state index in [9.17, 15) is 9.59 Å². The first-order valence-electron chi connectivity index (χ1n) is 7.66. The fourth-order valence-electron chi connectivity index (χ4n) is 1.59. The van der Waals surface area contributed by atoms with Crippen molar-refractivity contribution in [2.75, 3.05) is 20.1 Å². The van der Waals surface area contributed by atoms with Crippen LogP contribution in [0.1, 0.15) is 25.7 Å². The lowest BCUT2D eigenvalue weighted by molar-refractivity contribution is -0.140. The molecule has 0 saturated heterocycles. The molecule has 0 saturated carbocycles. The number of guanidine groups is 2. The van der Waals surface area contributed by atoms with E-state index in [2.05, 4.69) is 16.0 Å². The fraction of sp³-hybridized carbons (Fsp3) is 0.692. The van der Waals surface area contributed by atoms with Crippen LogP contribution >= 0.6 is 0 Å². The summed E-state index contributed by atoms with van der Waals surface area (Å²) in [5.74, 6) is -2.06. The van der Waals surface area contributed by atoms with Crippen LogP contribution < -0.4 is 33.2 Å². The van der Waals surface area contributed by atoms with E-state index in [1.165, 1.54) is 0 Å². The zero-order valence-electron chi connectivity index (χ0n) is 14.3. The molecule has 0 aliphatic heterocycles. The molecule has 146 valence electrons. The van der Waals surface area contributed by atoms with Gasteiger partial charge < -0.3 is 43.4 Å². The largest absolute Gasteiger partial charge is 0.480 e. The van der Waals surface area contributed by atoms with Gasteiger partial charge in [-0.3, -0.25) is 20.4 Å². The number of nitrogens with two attached hydrogens (primary N) is 3. The molecule has 0 aliphatic rings. The van der Waals surface area contributed by atoms with E-state index >= 15 is 0 Å². The predicted molar refractivity (Wildman–Crippen MR) is 94.4 cm³/mol. The highest BCUT2D eigenvalue weighted by Crippen LogP contribution is 1.95. The molecule has 12 nitrogen and oxygen atoms in total. The molecule has 0 rings (SSSR count). The molecular weight excluding hydrogens is 332 g/mol. The van der Waals surface area contributed by atoms with E-state index in [0.717, 1.165) is 0 Å². The molecule has 2 atom stereocenters. The third-order valence-electron chi connectivity index (χ3n) is 2.96. The molecule has 0 aliphatic carbocycles. The average Bonchev–Trinajstić information content (AvgIpc) is 2.51. The average molecular weight is 362 g/mol. The minimum Gasteiger partial charge on any atom is -0.480 e. The fourth-order valence-corrected chi connectivity index (χ4v) is 1.59. The highest BCUT2D eigenvalue weighted by Gasteiger charge is 2.13. The molecule has 0 aromatic heterocycles. The highest BCUT2D eigenvalue weighted by atomic mass is 16.4. The topological polar surface area (TPSA) is 236 Å². The predicted octanol–water partition coefficient (Wildman–Crippen LogP) is -2.42. The Hall–Kier alpha value is -2.60. The summed E-state index contributed by atoms with van der Waals surface area (Å²) in [7, 11) is 1.61. The molecule has 0 fully saturated rings. The molecule has 0 amide bonds. The Bertz CT molecular complexity index is 432. The van der Waals surface area contributed by atoms with Crippen molar-refractivity contribution in [2.45, 2.75) is 37.8 Å². The maximum atomic E-state index is 10.5. The standard InChI is InChI=1S/C7H16N4O2.C6H14N4O2/c1-10-5(6(12)13)3-2-4-11-7(8)9;7-4(5(11)12)2-1-3-10-6(8)9/h5,10H,2-4H2,1H3,(H,12,13)(H4,8,9,11);4H,1-3,7H2,(H,11,12)(H4,8,9,10). The monoisotopic (exact) mass is 362 g/mol. The van der Waals surface area contributed by atoms with Gasteiger partial charge in [0.1, 0.15) is 12.1 Å². The number of nitrogens with one attached hydrogen (secondary N) is 5. The van der Waals surface area contributed by atoms with Crippen LogP contribution in [0.4, 0.5) is 0 Å². The summed E-state index contributed by atoms with van der Waals surface area (Å²) in [6.45, 7) is 1.01. The molecule has 0 heterocycles. The Morgan fingerprint density at radius 3 is 1.72 bits per heavy atom. The van der Waals surface area contributed by atoms with Gasteiger partial charge in [-0.25, -0.2) is 0 Å². The summed E-state index contributed by atoms with van der Waals surface area (Å²) in [6.07, 6.45) is 2.16. The van der Waals surface area contributed by atoms with Crippen LogP contribution in [-0.2, 0) is 9.59 Å². The highest BCUT2D eigenvalue weighted by molar-refractivity contribution is 5.75. The first-order valence-corrected chi connectivity index (χ1v) is 7.66. The van der Waals surface area contributed by atoms with Crippen LogP contribution in [0.5, 0.6) is 0 Å².